The van der Waals surface area contributed by atoms with Crippen LogP contribution in [0.4, 0.5) is 0 Å². The van der Waals surface area contributed by atoms with Crippen molar-refractivity contribution in [1.82, 2.24) is 9.03 Å². The monoisotopic (exact) mass is 304 g/mol. The van der Waals surface area contributed by atoms with Crippen molar-refractivity contribution in [3.8, 4) is 0 Å². The predicted octanol–water partition coefficient (Wildman–Crippen LogP) is 1.34. The molecule has 0 aromatic rings. The van der Waals surface area contributed by atoms with E-state index in [4.69, 9.17) is 5.11 Å². The van der Waals surface area contributed by atoms with Crippen molar-refractivity contribution in [2.75, 3.05) is 13.1 Å². The Morgan fingerprint density at radius 3 is 2.55 bits per heavy atom. The molecule has 0 amide bonds. The number of carboxylic acid groups (broad SMARTS) is 1. The number of piperidine rings is 1. The minimum Gasteiger partial charge on any atom is -0.480 e. The molecule has 2 aliphatic rings. The molecule has 1 atom stereocenters. The highest BCUT2D eigenvalue weighted by molar-refractivity contribution is 7.87. The third kappa shape index (κ3) is 3.15. The average Bonchev–Trinajstić information content (AvgIpc) is 2.38. The highest BCUT2D eigenvalue weighted by Crippen LogP contribution is 2.43. The van der Waals surface area contributed by atoms with Crippen LogP contribution in [0, 0.1) is 5.41 Å². The molecule has 6 nitrogen and oxygen atoms in total. The van der Waals surface area contributed by atoms with Gasteiger partial charge in [0.05, 0.1) is 0 Å². The van der Waals surface area contributed by atoms with Gasteiger partial charge in [-0.15, -0.1) is 0 Å². The van der Waals surface area contributed by atoms with Gasteiger partial charge in [0.15, 0.2) is 0 Å². The highest BCUT2D eigenvalue weighted by atomic mass is 32.2. The second-order valence-electron chi connectivity index (χ2n) is 5.99. The third-order valence-corrected chi connectivity index (χ3v) is 6.40. The molecule has 0 aromatic heterocycles. The number of nitrogens with one attached hydrogen (secondary N) is 1. The summed E-state index contributed by atoms with van der Waals surface area (Å²) < 4.78 is 28.5. The van der Waals surface area contributed by atoms with E-state index in [2.05, 4.69) is 11.6 Å². The lowest BCUT2D eigenvalue weighted by molar-refractivity contribution is -0.142. The van der Waals surface area contributed by atoms with Crippen LogP contribution >= 0.6 is 0 Å². The minimum absolute atomic E-state index is 0.0849. The Hall–Kier alpha value is -0.660. The third-order valence-electron chi connectivity index (χ3n) is 4.84. The minimum atomic E-state index is -3.69. The van der Waals surface area contributed by atoms with Crippen LogP contribution in [0.5, 0.6) is 0 Å². The van der Waals surface area contributed by atoms with Crippen molar-refractivity contribution in [2.24, 2.45) is 5.41 Å². The number of hydrogen-bond donors (Lipinski definition) is 2. The van der Waals surface area contributed by atoms with E-state index >= 15 is 0 Å². The SMILES string of the molecule is CCC1(CNS(=O)(=O)N2CCCCC2C(=O)O)CCC1. The quantitative estimate of drug-likeness (QED) is 0.775. The van der Waals surface area contributed by atoms with E-state index in [0.29, 0.717) is 19.5 Å². The molecule has 2 rings (SSSR count). The molecule has 1 heterocycles. The van der Waals surface area contributed by atoms with Crippen molar-refractivity contribution in [3.05, 3.63) is 0 Å². The topological polar surface area (TPSA) is 86.7 Å². The van der Waals surface area contributed by atoms with Crippen molar-refractivity contribution in [1.29, 1.82) is 0 Å². The van der Waals surface area contributed by atoms with Gasteiger partial charge in [0.25, 0.3) is 10.2 Å². The van der Waals surface area contributed by atoms with Gasteiger partial charge >= 0.3 is 5.97 Å². The molecule has 1 saturated carbocycles. The van der Waals surface area contributed by atoms with Gasteiger partial charge in [-0.05, 0) is 43.9 Å². The van der Waals surface area contributed by atoms with Crippen molar-refractivity contribution >= 4 is 16.2 Å². The Labute approximate surface area is 120 Å². The largest absolute Gasteiger partial charge is 0.480 e. The standard InChI is InChI=1S/C13H24N2O4S/c1-2-13(7-5-8-13)10-14-20(18,19)15-9-4-3-6-11(15)12(16)17/h11,14H,2-10H2,1H3,(H,16,17). The molecule has 1 aliphatic carbocycles. The maximum absolute atomic E-state index is 12.4. The van der Waals surface area contributed by atoms with Crippen LogP contribution in [0.3, 0.4) is 0 Å². The summed E-state index contributed by atoms with van der Waals surface area (Å²) in [4.78, 5) is 11.2. The molecule has 116 valence electrons. The Bertz CT molecular complexity index is 453. The Kier molecular flexibility index (Phi) is 4.71. The van der Waals surface area contributed by atoms with Crippen LogP contribution in [0.2, 0.25) is 0 Å². The Morgan fingerprint density at radius 2 is 2.05 bits per heavy atom. The smallest absolute Gasteiger partial charge is 0.322 e. The zero-order chi connectivity index (χ0) is 14.8. The number of carbonyl (C=O) groups is 1. The summed E-state index contributed by atoms with van der Waals surface area (Å²) in [5, 5.41) is 9.17. The first-order chi connectivity index (χ1) is 9.40. The first kappa shape index (κ1) is 15.7. The Morgan fingerprint density at radius 1 is 1.35 bits per heavy atom. The van der Waals surface area contributed by atoms with E-state index in [1.165, 1.54) is 0 Å². The first-order valence-electron chi connectivity index (χ1n) is 7.39. The normalized spacial score (nSPS) is 26.9. The zero-order valence-electron chi connectivity index (χ0n) is 12.0. The molecule has 2 fully saturated rings. The maximum Gasteiger partial charge on any atom is 0.322 e. The molecule has 1 unspecified atom stereocenters. The second kappa shape index (κ2) is 5.99. The summed E-state index contributed by atoms with van der Waals surface area (Å²) in [7, 11) is -3.69. The number of nitrogens with zero attached hydrogens (tertiary/aromatic N) is 1. The molecular weight excluding hydrogens is 280 g/mol. The van der Waals surface area contributed by atoms with E-state index in [1.807, 2.05) is 0 Å². The van der Waals surface area contributed by atoms with Crippen molar-refractivity contribution < 1.29 is 18.3 Å². The van der Waals surface area contributed by atoms with E-state index in [1.54, 1.807) is 0 Å². The number of rotatable bonds is 6. The van der Waals surface area contributed by atoms with Gasteiger partial charge in [0.1, 0.15) is 6.04 Å². The summed E-state index contributed by atoms with van der Waals surface area (Å²) in [5.41, 5.74) is 0.0849. The van der Waals surface area contributed by atoms with Gasteiger partial charge in [-0.25, -0.2) is 4.72 Å². The van der Waals surface area contributed by atoms with Gasteiger partial charge in [-0.3, -0.25) is 4.79 Å². The van der Waals surface area contributed by atoms with Crippen LogP contribution in [0.15, 0.2) is 0 Å². The van der Waals surface area contributed by atoms with Gasteiger partial charge < -0.3 is 5.11 Å². The molecule has 1 saturated heterocycles. The van der Waals surface area contributed by atoms with Crippen LogP contribution in [-0.4, -0.2) is 42.9 Å². The van der Waals surface area contributed by atoms with Crippen LogP contribution < -0.4 is 4.72 Å². The Balaban J connectivity index is 2.02. The van der Waals surface area contributed by atoms with Crippen LogP contribution in [0.1, 0.15) is 51.9 Å². The van der Waals surface area contributed by atoms with Gasteiger partial charge in [-0.2, -0.15) is 12.7 Å². The first-order valence-corrected chi connectivity index (χ1v) is 8.83. The molecule has 20 heavy (non-hydrogen) atoms. The van der Waals surface area contributed by atoms with Crippen molar-refractivity contribution in [2.45, 2.75) is 57.9 Å². The fraction of sp³-hybridized carbons (Fsp3) is 0.923. The molecule has 0 bridgehead atoms. The fourth-order valence-electron chi connectivity index (χ4n) is 3.10. The molecule has 0 spiro atoms. The lowest BCUT2D eigenvalue weighted by Crippen LogP contribution is -2.54. The maximum atomic E-state index is 12.4. The van der Waals surface area contributed by atoms with E-state index in [9.17, 15) is 13.2 Å². The number of hydrogen-bond acceptors (Lipinski definition) is 3. The van der Waals surface area contributed by atoms with Gasteiger partial charge in [0.2, 0.25) is 0 Å². The molecule has 2 N–H and O–H groups in total. The average molecular weight is 304 g/mol. The lowest BCUT2D eigenvalue weighted by atomic mass is 9.67. The zero-order valence-corrected chi connectivity index (χ0v) is 12.8. The summed E-state index contributed by atoms with van der Waals surface area (Å²) >= 11 is 0. The molecule has 1 aliphatic heterocycles. The van der Waals surface area contributed by atoms with Gasteiger partial charge in [-0.1, -0.05) is 13.3 Å². The molecule has 0 aromatic carbocycles. The second-order valence-corrected chi connectivity index (χ2v) is 7.70. The van der Waals surface area contributed by atoms with Gasteiger partial charge in [0, 0.05) is 13.1 Å². The van der Waals surface area contributed by atoms with Crippen LogP contribution in [0.25, 0.3) is 0 Å². The summed E-state index contributed by atoms with van der Waals surface area (Å²) in [5.74, 6) is -1.05. The molecule has 7 heteroatoms. The number of aliphatic carboxylic acids is 1. The summed E-state index contributed by atoms with van der Waals surface area (Å²) in [6.45, 7) is 2.80. The summed E-state index contributed by atoms with van der Waals surface area (Å²) in [6, 6.07) is -0.916. The predicted molar refractivity (Wildman–Crippen MR) is 75.5 cm³/mol. The lowest BCUT2D eigenvalue weighted by Gasteiger charge is -2.42. The molecule has 0 radical (unpaired) electrons. The number of carboxylic acids is 1. The van der Waals surface area contributed by atoms with Crippen molar-refractivity contribution in [3.63, 3.8) is 0 Å². The van der Waals surface area contributed by atoms with E-state index in [-0.39, 0.29) is 5.41 Å². The summed E-state index contributed by atoms with van der Waals surface area (Å²) in [6.07, 6.45) is 6.10. The molecular formula is C13H24N2O4S. The van der Waals surface area contributed by atoms with E-state index < -0.39 is 22.2 Å². The van der Waals surface area contributed by atoms with Crippen LogP contribution in [-0.2, 0) is 15.0 Å². The fourth-order valence-corrected chi connectivity index (χ4v) is 4.65. The van der Waals surface area contributed by atoms with E-state index in [0.717, 1.165) is 42.8 Å². The highest BCUT2D eigenvalue weighted by Gasteiger charge is 2.40.